The molecule has 172 valence electrons. The first-order valence-corrected chi connectivity index (χ1v) is 12.3. The Morgan fingerprint density at radius 1 is 1.09 bits per heavy atom. The molecule has 0 aliphatic carbocycles. The zero-order valence-corrected chi connectivity index (χ0v) is 19.3. The van der Waals surface area contributed by atoms with Crippen molar-refractivity contribution in [1.29, 1.82) is 0 Å². The number of carbonyl (C=O) groups excluding carboxylic acids is 1. The van der Waals surface area contributed by atoms with Crippen molar-refractivity contribution in [3.63, 3.8) is 0 Å². The van der Waals surface area contributed by atoms with Crippen molar-refractivity contribution in [2.45, 2.75) is 4.90 Å². The lowest BCUT2D eigenvalue weighted by molar-refractivity contribution is 0.0627. The van der Waals surface area contributed by atoms with E-state index in [9.17, 15) is 18.0 Å². The third-order valence-electron chi connectivity index (χ3n) is 5.17. The Hall–Kier alpha value is -3.30. The minimum absolute atomic E-state index is 0.120. The van der Waals surface area contributed by atoms with Gasteiger partial charge in [-0.25, -0.2) is 13.2 Å². The number of amides is 1. The van der Waals surface area contributed by atoms with Crippen molar-refractivity contribution in [1.82, 2.24) is 9.47 Å². The molecule has 4 rings (SSSR count). The summed E-state index contributed by atoms with van der Waals surface area (Å²) in [5.41, 5.74) is 0.240. The van der Waals surface area contributed by atoms with Crippen LogP contribution in [0.25, 0.3) is 5.69 Å². The third kappa shape index (κ3) is 5.37. The first kappa shape index (κ1) is 22.9. The summed E-state index contributed by atoms with van der Waals surface area (Å²) in [6, 6.07) is 15.9. The minimum Gasteiger partial charge on any atom is -0.493 e. The van der Waals surface area contributed by atoms with Gasteiger partial charge in [-0.05, 0) is 42.5 Å². The van der Waals surface area contributed by atoms with Crippen LogP contribution in [0.4, 0.5) is 4.79 Å². The van der Waals surface area contributed by atoms with Crippen molar-refractivity contribution >= 4 is 27.5 Å². The molecular formula is C23H21ClN2O6S. The van der Waals surface area contributed by atoms with Crippen molar-refractivity contribution < 1.29 is 22.7 Å². The fourth-order valence-electron chi connectivity index (χ4n) is 3.34. The lowest BCUT2D eigenvalue weighted by Crippen LogP contribution is -2.53. The molecule has 0 saturated carbocycles. The molecule has 8 nitrogen and oxygen atoms in total. The Morgan fingerprint density at radius 2 is 1.79 bits per heavy atom. The van der Waals surface area contributed by atoms with Gasteiger partial charge in [0.25, 0.3) is 5.56 Å². The number of sulfone groups is 1. The number of aromatic nitrogens is 1. The quantitative estimate of drug-likeness (QED) is 0.527. The van der Waals surface area contributed by atoms with E-state index in [2.05, 4.69) is 0 Å². The maximum Gasteiger partial charge on any atom is 0.415 e. The van der Waals surface area contributed by atoms with Gasteiger partial charge in [-0.15, -0.1) is 0 Å². The van der Waals surface area contributed by atoms with Gasteiger partial charge in [0, 0.05) is 43.2 Å². The molecule has 33 heavy (non-hydrogen) atoms. The standard InChI is InChI=1S/C23H21ClN2O6S/c1-33(29,30)19-8-6-17(7-9-19)26-11-10-18(12-22(26)27)31-15-16-13-25(14-16)23(28)32-21-5-3-2-4-20(21)24/h2-12,16H,13-15H2,1H3. The van der Waals surface area contributed by atoms with E-state index in [1.54, 1.807) is 53.6 Å². The highest BCUT2D eigenvalue weighted by atomic mass is 35.5. The molecule has 0 spiro atoms. The van der Waals surface area contributed by atoms with E-state index in [4.69, 9.17) is 21.1 Å². The minimum atomic E-state index is -3.30. The second-order valence-corrected chi connectivity index (χ2v) is 10.1. The number of likely N-dealkylation sites (tertiary alicyclic amines) is 1. The molecule has 1 aliphatic rings. The summed E-state index contributed by atoms with van der Waals surface area (Å²) in [5, 5.41) is 0.368. The number of nitrogens with zero attached hydrogens (tertiary/aromatic N) is 2. The van der Waals surface area contributed by atoms with Crippen LogP contribution in [0, 0.1) is 5.92 Å². The maximum atomic E-state index is 12.5. The summed E-state index contributed by atoms with van der Waals surface area (Å²) >= 11 is 6.00. The molecule has 0 N–H and O–H groups in total. The van der Waals surface area contributed by atoms with Crippen LogP contribution in [0.2, 0.25) is 5.02 Å². The normalized spacial score (nSPS) is 13.9. The highest BCUT2D eigenvalue weighted by Crippen LogP contribution is 2.25. The van der Waals surface area contributed by atoms with Crippen LogP contribution < -0.4 is 15.0 Å². The molecule has 1 aliphatic heterocycles. The largest absolute Gasteiger partial charge is 0.493 e. The van der Waals surface area contributed by atoms with Gasteiger partial charge >= 0.3 is 6.09 Å². The molecule has 10 heteroatoms. The third-order valence-corrected chi connectivity index (χ3v) is 6.61. The van der Waals surface area contributed by atoms with Crippen molar-refractivity contribution in [3.05, 3.63) is 82.2 Å². The zero-order chi connectivity index (χ0) is 23.6. The summed E-state index contributed by atoms with van der Waals surface area (Å²) in [6.07, 6.45) is 2.23. The molecule has 2 heterocycles. The van der Waals surface area contributed by atoms with Gasteiger partial charge in [0.1, 0.15) is 5.75 Å². The Labute approximate surface area is 195 Å². The van der Waals surface area contributed by atoms with Gasteiger partial charge < -0.3 is 14.4 Å². The number of pyridine rings is 1. The summed E-state index contributed by atoms with van der Waals surface area (Å²) in [6.45, 7) is 1.31. The van der Waals surface area contributed by atoms with Gasteiger partial charge in [0.15, 0.2) is 15.6 Å². The van der Waals surface area contributed by atoms with E-state index >= 15 is 0 Å². The molecule has 0 bridgehead atoms. The number of hydrogen-bond donors (Lipinski definition) is 0. The molecule has 1 aromatic heterocycles. The zero-order valence-electron chi connectivity index (χ0n) is 17.7. The van der Waals surface area contributed by atoms with Crippen LogP contribution in [-0.4, -0.2) is 49.9 Å². The van der Waals surface area contributed by atoms with Crippen LogP contribution in [0.1, 0.15) is 0 Å². The van der Waals surface area contributed by atoms with Crippen LogP contribution in [-0.2, 0) is 9.84 Å². The van der Waals surface area contributed by atoms with E-state index in [0.29, 0.717) is 41.9 Å². The van der Waals surface area contributed by atoms with E-state index in [0.717, 1.165) is 6.26 Å². The molecule has 1 amide bonds. The van der Waals surface area contributed by atoms with Gasteiger partial charge in [0.05, 0.1) is 16.5 Å². The number of carbonyl (C=O) groups is 1. The second kappa shape index (κ2) is 9.29. The maximum absolute atomic E-state index is 12.5. The predicted octanol–water partition coefficient (Wildman–Crippen LogP) is 3.40. The summed E-state index contributed by atoms with van der Waals surface area (Å²) in [4.78, 5) is 26.4. The van der Waals surface area contributed by atoms with E-state index in [1.807, 2.05) is 0 Å². The molecule has 0 radical (unpaired) electrons. The summed E-state index contributed by atoms with van der Waals surface area (Å²) in [7, 11) is -3.30. The van der Waals surface area contributed by atoms with Crippen LogP contribution in [0.15, 0.2) is 76.6 Å². The topological polar surface area (TPSA) is 94.9 Å². The molecular weight excluding hydrogens is 468 g/mol. The van der Waals surface area contributed by atoms with Gasteiger partial charge in [-0.1, -0.05) is 23.7 Å². The first-order chi connectivity index (χ1) is 15.7. The van der Waals surface area contributed by atoms with Gasteiger partial charge in [0.2, 0.25) is 0 Å². The lowest BCUT2D eigenvalue weighted by atomic mass is 10.0. The fraction of sp³-hybridized carbons (Fsp3) is 0.217. The summed E-state index contributed by atoms with van der Waals surface area (Å²) in [5.74, 6) is 0.853. The fourth-order valence-corrected chi connectivity index (χ4v) is 4.15. The molecule has 1 fully saturated rings. The molecule has 3 aromatic rings. The van der Waals surface area contributed by atoms with Crippen LogP contribution >= 0.6 is 11.6 Å². The van der Waals surface area contributed by atoms with Crippen LogP contribution in [0.3, 0.4) is 0 Å². The monoisotopic (exact) mass is 488 g/mol. The average Bonchev–Trinajstić information content (AvgIpc) is 2.74. The Morgan fingerprint density at radius 3 is 2.42 bits per heavy atom. The lowest BCUT2D eigenvalue weighted by Gasteiger charge is -2.37. The predicted molar refractivity (Wildman–Crippen MR) is 123 cm³/mol. The number of hydrogen-bond acceptors (Lipinski definition) is 6. The van der Waals surface area contributed by atoms with Crippen LogP contribution in [0.5, 0.6) is 11.5 Å². The van der Waals surface area contributed by atoms with Crippen molar-refractivity contribution in [2.24, 2.45) is 5.92 Å². The number of para-hydroxylation sites is 1. The Balaban J connectivity index is 1.30. The van der Waals surface area contributed by atoms with Crippen molar-refractivity contribution in [3.8, 4) is 17.2 Å². The van der Waals surface area contributed by atoms with Gasteiger partial charge in [-0.3, -0.25) is 9.36 Å². The molecule has 0 atom stereocenters. The molecule has 1 saturated heterocycles. The Bertz CT molecular complexity index is 1330. The van der Waals surface area contributed by atoms with E-state index in [-0.39, 0.29) is 16.4 Å². The number of halogens is 1. The Kier molecular flexibility index (Phi) is 6.44. The highest BCUT2D eigenvalue weighted by Gasteiger charge is 2.32. The molecule has 0 unspecified atom stereocenters. The van der Waals surface area contributed by atoms with Crippen molar-refractivity contribution in [2.75, 3.05) is 26.0 Å². The number of ether oxygens (including phenoxy) is 2. The number of benzene rings is 2. The SMILES string of the molecule is CS(=O)(=O)c1ccc(-n2ccc(OCC3CN(C(=O)Oc4ccccc4Cl)C3)cc2=O)cc1. The highest BCUT2D eigenvalue weighted by molar-refractivity contribution is 7.90. The average molecular weight is 489 g/mol. The number of rotatable bonds is 6. The van der Waals surface area contributed by atoms with Gasteiger partial charge in [-0.2, -0.15) is 0 Å². The van der Waals surface area contributed by atoms with E-state index in [1.165, 1.54) is 22.8 Å². The first-order valence-electron chi connectivity index (χ1n) is 10.1. The summed E-state index contributed by atoms with van der Waals surface area (Å²) < 4.78 is 35.6. The second-order valence-electron chi connectivity index (χ2n) is 7.72. The molecule has 2 aromatic carbocycles. The smallest absolute Gasteiger partial charge is 0.415 e. The van der Waals surface area contributed by atoms with E-state index < -0.39 is 15.9 Å².